The summed E-state index contributed by atoms with van der Waals surface area (Å²) >= 11 is 0. The molecule has 1 amide bonds. The van der Waals surface area contributed by atoms with Gasteiger partial charge in [0.05, 0.1) is 25.1 Å². The second-order valence-corrected chi connectivity index (χ2v) is 6.30. The average Bonchev–Trinajstić information content (AvgIpc) is 3.39. The van der Waals surface area contributed by atoms with E-state index in [1.807, 2.05) is 53.4 Å². The van der Waals surface area contributed by atoms with E-state index in [9.17, 15) is 4.79 Å². The molecule has 0 spiro atoms. The van der Waals surface area contributed by atoms with Crippen molar-refractivity contribution in [2.24, 2.45) is 0 Å². The molecule has 3 heterocycles. The summed E-state index contributed by atoms with van der Waals surface area (Å²) in [6.07, 6.45) is 5.28. The number of carbonyl (C=O) groups excluding carboxylic acids is 1. The number of furan rings is 1. The number of benzene rings is 1. The van der Waals surface area contributed by atoms with Crippen molar-refractivity contribution in [2.75, 3.05) is 13.7 Å². The van der Waals surface area contributed by atoms with Crippen LogP contribution in [0, 0.1) is 0 Å². The van der Waals surface area contributed by atoms with Crippen LogP contribution >= 0.6 is 0 Å². The molecule has 0 saturated carbocycles. The molecule has 3 aromatic rings. The molecule has 5 heteroatoms. The minimum Gasteiger partial charge on any atom is -0.496 e. The number of nitrogens with zero attached hydrogens (tertiary/aromatic N) is 2. The zero-order valence-electron chi connectivity index (χ0n) is 14.6. The maximum Gasteiger partial charge on any atom is 0.254 e. The van der Waals surface area contributed by atoms with Crippen molar-refractivity contribution in [3.05, 3.63) is 72.3 Å². The zero-order valence-corrected chi connectivity index (χ0v) is 14.6. The molecule has 26 heavy (non-hydrogen) atoms. The van der Waals surface area contributed by atoms with Gasteiger partial charge in [-0.25, -0.2) is 0 Å². The summed E-state index contributed by atoms with van der Waals surface area (Å²) < 4.78 is 11.0. The quantitative estimate of drug-likeness (QED) is 0.704. The predicted octanol–water partition coefficient (Wildman–Crippen LogP) is 4.33. The number of hydrogen-bond acceptors (Lipinski definition) is 4. The van der Waals surface area contributed by atoms with Crippen LogP contribution in [0.15, 0.2) is 65.4 Å². The van der Waals surface area contributed by atoms with Gasteiger partial charge in [0.1, 0.15) is 11.5 Å². The first kappa shape index (κ1) is 16.4. The largest absolute Gasteiger partial charge is 0.496 e. The van der Waals surface area contributed by atoms with Crippen molar-refractivity contribution >= 4 is 5.91 Å². The molecule has 4 rings (SSSR count). The monoisotopic (exact) mass is 348 g/mol. The molecule has 1 saturated heterocycles. The maximum absolute atomic E-state index is 13.2. The van der Waals surface area contributed by atoms with Gasteiger partial charge in [-0.2, -0.15) is 0 Å². The number of hydrogen-bond donors (Lipinski definition) is 0. The normalized spacial score (nSPS) is 16.7. The SMILES string of the molecule is COc1ccc(C(=O)N2CCC[C@H]2c2ccco2)cc1-c1ccccn1. The molecular weight excluding hydrogens is 328 g/mol. The van der Waals surface area contributed by atoms with Gasteiger partial charge in [-0.15, -0.1) is 0 Å². The highest BCUT2D eigenvalue weighted by Gasteiger charge is 2.32. The molecule has 1 fully saturated rings. The van der Waals surface area contributed by atoms with E-state index < -0.39 is 0 Å². The fraction of sp³-hybridized carbons (Fsp3) is 0.238. The van der Waals surface area contributed by atoms with E-state index in [2.05, 4.69) is 4.98 Å². The third-order valence-corrected chi connectivity index (χ3v) is 4.77. The Morgan fingerprint density at radius 1 is 1.23 bits per heavy atom. The fourth-order valence-corrected chi connectivity index (χ4v) is 3.52. The second-order valence-electron chi connectivity index (χ2n) is 6.30. The molecule has 1 aliphatic rings. The number of ether oxygens (including phenoxy) is 1. The molecule has 132 valence electrons. The van der Waals surface area contributed by atoms with E-state index in [1.165, 1.54) is 0 Å². The average molecular weight is 348 g/mol. The molecule has 1 aliphatic heterocycles. The summed E-state index contributed by atoms with van der Waals surface area (Å²) in [5.74, 6) is 1.54. The number of likely N-dealkylation sites (tertiary alicyclic amines) is 1. The van der Waals surface area contributed by atoms with E-state index >= 15 is 0 Å². The Bertz CT molecular complexity index is 891. The number of aromatic nitrogens is 1. The third-order valence-electron chi connectivity index (χ3n) is 4.77. The molecular formula is C21H20N2O3. The number of carbonyl (C=O) groups is 1. The van der Waals surface area contributed by atoms with E-state index in [4.69, 9.17) is 9.15 Å². The number of rotatable bonds is 4. The Labute approximate surface area is 152 Å². The fourth-order valence-electron chi connectivity index (χ4n) is 3.52. The number of amides is 1. The molecule has 0 N–H and O–H groups in total. The van der Waals surface area contributed by atoms with Gasteiger partial charge in [-0.05, 0) is 55.3 Å². The van der Waals surface area contributed by atoms with Gasteiger partial charge in [0.15, 0.2) is 0 Å². The zero-order chi connectivity index (χ0) is 17.9. The Morgan fingerprint density at radius 3 is 2.88 bits per heavy atom. The lowest BCUT2D eigenvalue weighted by atomic mass is 10.0. The van der Waals surface area contributed by atoms with E-state index in [1.54, 1.807) is 19.6 Å². The Morgan fingerprint density at radius 2 is 2.15 bits per heavy atom. The molecule has 1 atom stereocenters. The molecule has 0 unspecified atom stereocenters. The summed E-state index contributed by atoms with van der Waals surface area (Å²) in [4.78, 5) is 19.4. The number of pyridine rings is 1. The van der Waals surface area contributed by atoms with Crippen molar-refractivity contribution < 1.29 is 13.9 Å². The Balaban J connectivity index is 1.68. The van der Waals surface area contributed by atoms with Gasteiger partial charge in [-0.1, -0.05) is 6.07 Å². The lowest BCUT2D eigenvalue weighted by Crippen LogP contribution is -2.30. The summed E-state index contributed by atoms with van der Waals surface area (Å²) in [5, 5.41) is 0. The second kappa shape index (κ2) is 7.04. The Hall–Kier alpha value is -3.08. The highest BCUT2D eigenvalue weighted by molar-refractivity contribution is 5.96. The summed E-state index contributed by atoms with van der Waals surface area (Å²) in [7, 11) is 1.62. The van der Waals surface area contributed by atoms with E-state index in [0.29, 0.717) is 11.3 Å². The molecule has 1 aromatic carbocycles. The van der Waals surface area contributed by atoms with Crippen LogP contribution in [0.25, 0.3) is 11.3 Å². The van der Waals surface area contributed by atoms with Crippen LogP contribution in [-0.4, -0.2) is 29.4 Å². The van der Waals surface area contributed by atoms with Crippen LogP contribution in [0.1, 0.15) is 35.0 Å². The highest BCUT2D eigenvalue weighted by Crippen LogP contribution is 2.35. The van der Waals surface area contributed by atoms with Gasteiger partial charge in [-0.3, -0.25) is 9.78 Å². The van der Waals surface area contributed by atoms with Crippen LogP contribution in [0.3, 0.4) is 0 Å². The van der Waals surface area contributed by atoms with Crippen LogP contribution in [0.5, 0.6) is 5.75 Å². The molecule has 0 aliphatic carbocycles. The third kappa shape index (κ3) is 2.96. The van der Waals surface area contributed by atoms with Crippen molar-refractivity contribution in [3.63, 3.8) is 0 Å². The maximum atomic E-state index is 13.2. The molecule has 0 radical (unpaired) electrons. The first-order valence-electron chi connectivity index (χ1n) is 8.72. The smallest absolute Gasteiger partial charge is 0.254 e. The first-order valence-corrected chi connectivity index (χ1v) is 8.72. The van der Waals surface area contributed by atoms with E-state index in [0.717, 1.165) is 36.4 Å². The highest BCUT2D eigenvalue weighted by atomic mass is 16.5. The Kier molecular flexibility index (Phi) is 4.44. The van der Waals surface area contributed by atoms with Crippen LogP contribution in [0.4, 0.5) is 0 Å². The van der Waals surface area contributed by atoms with Gasteiger partial charge in [0, 0.05) is 23.9 Å². The minimum atomic E-state index is -0.00194. The van der Waals surface area contributed by atoms with Crippen molar-refractivity contribution in [3.8, 4) is 17.0 Å². The lowest BCUT2D eigenvalue weighted by Gasteiger charge is -2.23. The van der Waals surface area contributed by atoms with Crippen LogP contribution in [-0.2, 0) is 0 Å². The van der Waals surface area contributed by atoms with Crippen molar-refractivity contribution in [1.82, 2.24) is 9.88 Å². The van der Waals surface area contributed by atoms with E-state index in [-0.39, 0.29) is 11.9 Å². The van der Waals surface area contributed by atoms with Gasteiger partial charge in [0.25, 0.3) is 5.91 Å². The minimum absolute atomic E-state index is 0.00194. The molecule has 5 nitrogen and oxygen atoms in total. The summed E-state index contributed by atoms with van der Waals surface area (Å²) in [6, 6.07) is 15.0. The van der Waals surface area contributed by atoms with Gasteiger partial charge < -0.3 is 14.1 Å². The standard InChI is InChI=1S/C21H20N2O3/c1-25-19-10-9-15(14-16(19)17-6-2-3-11-22-17)21(24)23-12-4-7-18(23)20-8-5-13-26-20/h2-3,5-6,8-11,13-14,18H,4,7,12H2,1H3/t18-/m0/s1. The van der Waals surface area contributed by atoms with Crippen LogP contribution < -0.4 is 4.74 Å². The summed E-state index contributed by atoms with van der Waals surface area (Å²) in [6.45, 7) is 0.731. The molecule has 0 bridgehead atoms. The lowest BCUT2D eigenvalue weighted by molar-refractivity contribution is 0.0720. The number of methoxy groups -OCH3 is 1. The summed E-state index contributed by atoms with van der Waals surface area (Å²) in [5.41, 5.74) is 2.22. The predicted molar refractivity (Wildman–Crippen MR) is 97.9 cm³/mol. The topological polar surface area (TPSA) is 55.6 Å². The van der Waals surface area contributed by atoms with Crippen molar-refractivity contribution in [1.29, 1.82) is 0 Å². The van der Waals surface area contributed by atoms with Gasteiger partial charge in [0.2, 0.25) is 0 Å². The van der Waals surface area contributed by atoms with Crippen LogP contribution in [0.2, 0.25) is 0 Å². The van der Waals surface area contributed by atoms with Crippen molar-refractivity contribution in [2.45, 2.75) is 18.9 Å². The molecule has 2 aromatic heterocycles. The van der Waals surface area contributed by atoms with Gasteiger partial charge >= 0.3 is 0 Å². The first-order chi connectivity index (χ1) is 12.8.